The molecule has 0 spiro atoms. The first-order chi connectivity index (χ1) is 14.1. The van der Waals surface area contributed by atoms with Gasteiger partial charge in [0.05, 0.1) is 29.5 Å². The second-order valence-electron chi connectivity index (χ2n) is 6.46. The van der Waals surface area contributed by atoms with Crippen LogP contribution in [-0.4, -0.2) is 57.2 Å². The van der Waals surface area contributed by atoms with E-state index < -0.39 is 11.8 Å². The number of nitrogens with zero attached hydrogens (tertiary/aromatic N) is 2. The Balaban J connectivity index is 2.12. The van der Waals surface area contributed by atoms with Crippen LogP contribution < -0.4 is 4.90 Å². The van der Waals surface area contributed by atoms with Crippen LogP contribution in [0.3, 0.4) is 0 Å². The van der Waals surface area contributed by atoms with Gasteiger partial charge in [0.2, 0.25) is 0 Å². The highest BCUT2D eigenvalue weighted by Gasteiger charge is 2.42. The van der Waals surface area contributed by atoms with E-state index in [1.54, 1.807) is 38.5 Å². The first-order valence-electron chi connectivity index (χ1n) is 9.26. The van der Waals surface area contributed by atoms with Crippen molar-refractivity contribution in [2.24, 2.45) is 0 Å². The third-order valence-electron chi connectivity index (χ3n) is 4.66. The summed E-state index contributed by atoms with van der Waals surface area (Å²) < 4.78 is 10.4. The molecule has 0 unspecified atom stereocenters. The van der Waals surface area contributed by atoms with Gasteiger partial charge in [-0.1, -0.05) is 54.1 Å². The van der Waals surface area contributed by atoms with Crippen LogP contribution in [0.1, 0.15) is 5.56 Å². The van der Waals surface area contributed by atoms with Crippen LogP contribution in [0.5, 0.6) is 0 Å². The predicted molar refractivity (Wildman–Crippen MR) is 113 cm³/mol. The van der Waals surface area contributed by atoms with E-state index in [0.717, 1.165) is 4.90 Å². The molecular weight excluding hydrogens is 392 g/mol. The molecule has 0 aliphatic carbocycles. The minimum absolute atomic E-state index is 0.329. The van der Waals surface area contributed by atoms with E-state index >= 15 is 0 Å². The van der Waals surface area contributed by atoms with Gasteiger partial charge >= 0.3 is 0 Å². The molecule has 0 saturated heterocycles. The molecule has 6 nitrogen and oxygen atoms in total. The molecule has 1 aliphatic rings. The maximum Gasteiger partial charge on any atom is 0.282 e. The van der Waals surface area contributed by atoms with Crippen molar-refractivity contribution in [2.45, 2.75) is 0 Å². The van der Waals surface area contributed by atoms with Gasteiger partial charge in [-0.3, -0.25) is 9.59 Å². The zero-order valence-corrected chi connectivity index (χ0v) is 17.2. The second-order valence-corrected chi connectivity index (χ2v) is 6.87. The number of hydrogen-bond acceptors (Lipinski definition) is 5. The van der Waals surface area contributed by atoms with Crippen molar-refractivity contribution in [2.75, 3.05) is 45.4 Å². The summed E-state index contributed by atoms with van der Waals surface area (Å²) >= 11 is 6.30. The van der Waals surface area contributed by atoms with Crippen molar-refractivity contribution in [3.05, 3.63) is 70.9 Å². The predicted octanol–water partition coefficient (Wildman–Crippen LogP) is 3.22. The molecule has 0 saturated carbocycles. The normalized spacial score (nSPS) is 14.1. The molecule has 3 rings (SSSR count). The molecule has 0 aromatic heterocycles. The summed E-state index contributed by atoms with van der Waals surface area (Å²) in [4.78, 5) is 29.9. The van der Waals surface area contributed by atoms with Gasteiger partial charge in [-0.2, -0.15) is 0 Å². The Labute approximate surface area is 175 Å². The maximum absolute atomic E-state index is 13.5. The Morgan fingerprint density at radius 3 is 2.03 bits per heavy atom. The summed E-state index contributed by atoms with van der Waals surface area (Å²) in [6, 6.07) is 16.0. The van der Waals surface area contributed by atoms with Gasteiger partial charge < -0.3 is 14.4 Å². The minimum Gasteiger partial charge on any atom is -0.383 e. The maximum atomic E-state index is 13.5. The van der Waals surface area contributed by atoms with Gasteiger partial charge in [-0.05, 0) is 17.7 Å². The van der Waals surface area contributed by atoms with Crippen LogP contribution in [0, 0.1) is 0 Å². The van der Waals surface area contributed by atoms with Crippen molar-refractivity contribution < 1.29 is 19.1 Å². The molecule has 29 heavy (non-hydrogen) atoms. The Hall–Kier alpha value is -2.67. The van der Waals surface area contributed by atoms with Gasteiger partial charge in [0.25, 0.3) is 11.8 Å². The lowest BCUT2D eigenvalue weighted by Crippen LogP contribution is -2.37. The van der Waals surface area contributed by atoms with Crippen LogP contribution in [0.2, 0.25) is 5.02 Å². The molecule has 0 atom stereocenters. The third kappa shape index (κ3) is 4.34. The minimum atomic E-state index is -0.408. The second kappa shape index (κ2) is 9.69. The van der Waals surface area contributed by atoms with E-state index in [9.17, 15) is 9.59 Å². The number of methoxy groups -OCH3 is 2. The van der Waals surface area contributed by atoms with E-state index in [4.69, 9.17) is 21.1 Å². The first kappa shape index (κ1) is 21.0. The molecule has 2 aromatic rings. The lowest BCUT2D eigenvalue weighted by Gasteiger charge is -2.25. The molecule has 2 amide bonds. The standard InChI is InChI=1S/C22H23ClN2O4/c1-28-14-12-24(13-15-29-2)20-19(16-8-4-3-5-9-16)21(26)25(22(20)27)18-11-7-6-10-17(18)23/h3-11H,12-15H2,1-2H3. The monoisotopic (exact) mass is 414 g/mol. The number of benzene rings is 2. The molecule has 0 bridgehead atoms. The number of rotatable bonds is 9. The fraction of sp³-hybridized carbons (Fsp3) is 0.273. The number of carbonyl (C=O) groups excluding carboxylic acids is 2. The number of carbonyl (C=O) groups is 2. The highest BCUT2D eigenvalue weighted by molar-refractivity contribution is 6.47. The topological polar surface area (TPSA) is 59.1 Å². The highest BCUT2D eigenvalue weighted by Crippen LogP contribution is 2.37. The summed E-state index contributed by atoms with van der Waals surface area (Å²) in [5, 5.41) is 0.336. The first-order valence-corrected chi connectivity index (χ1v) is 9.63. The lowest BCUT2D eigenvalue weighted by molar-refractivity contribution is -0.120. The number of ether oxygens (including phenoxy) is 2. The Bertz CT molecular complexity index is 906. The Kier molecular flexibility index (Phi) is 7.04. The van der Waals surface area contributed by atoms with Crippen molar-refractivity contribution in [3.8, 4) is 0 Å². The molecular formula is C22H23ClN2O4. The fourth-order valence-corrected chi connectivity index (χ4v) is 3.49. The van der Waals surface area contributed by atoms with Crippen LogP contribution in [0.25, 0.3) is 5.57 Å². The molecule has 0 fully saturated rings. The van der Waals surface area contributed by atoms with Crippen LogP contribution in [0.15, 0.2) is 60.3 Å². The summed E-state index contributed by atoms with van der Waals surface area (Å²) in [5.74, 6) is -0.807. The molecule has 2 aromatic carbocycles. The van der Waals surface area contributed by atoms with Crippen molar-refractivity contribution >= 4 is 34.7 Å². The number of hydrogen-bond donors (Lipinski definition) is 0. The van der Waals surface area contributed by atoms with Crippen molar-refractivity contribution in [1.29, 1.82) is 0 Å². The van der Waals surface area contributed by atoms with Gasteiger partial charge in [0, 0.05) is 27.3 Å². The largest absolute Gasteiger partial charge is 0.383 e. The lowest BCUT2D eigenvalue weighted by atomic mass is 10.0. The van der Waals surface area contributed by atoms with Gasteiger partial charge in [0.1, 0.15) is 5.70 Å². The summed E-state index contributed by atoms with van der Waals surface area (Å²) in [7, 11) is 3.19. The number of para-hydroxylation sites is 1. The zero-order valence-electron chi connectivity index (χ0n) is 16.4. The molecule has 1 heterocycles. The summed E-state index contributed by atoms with van der Waals surface area (Å²) in [5.41, 5.74) is 1.72. The number of amides is 2. The van der Waals surface area contributed by atoms with Crippen molar-refractivity contribution in [3.63, 3.8) is 0 Å². The SMILES string of the molecule is COCCN(CCOC)C1=C(c2ccccc2)C(=O)N(c2ccccc2Cl)C1=O. The third-order valence-corrected chi connectivity index (χ3v) is 4.98. The smallest absolute Gasteiger partial charge is 0.282 e. The quantitative estimate of drug-likeness (QED) is 0.590. The number of halogens is 1. The van der Waals surface area contributed by atoms with Gasteiger partial charge in [-0.25, -0.2) is 4.90 Å². The van der Waals surface area contributed by atoms with Gasteiger partial charge in [-0.15, -0.1) is 0 Å². The summed E-state index contributed by atoms with van der Waals surface area (Å²) in [6.45, 7) is 1.70. The van der Waals surface area contributed by atoms with Crippen LogP contribution in [-0.2, 0) is 19.1 Å². The molecule has 152 valence electrons. The van der Waals surface area contributed by atoms with Crippen LogP contribution >= 0.6 is 11.6 Å². The van der Waals surface area contributed by atoms with Crippen LogP contribution in [0.4, 0.5) is 5.69 Å². The summed E-state index contributed by atoms with van der Waals surface area (Å²) in [6.07, 6.45) is 0. The van der Waals surface area contributed by atoms with E-state index in [1.165, 1.54) is 0 Å². The molecule has 1 aliphatic heterocycles. The fourth-order valence-electron chi connectivity index (χ4n) is 3.27. The zero-order chi connectivity index (χ0) is 20.8. The van der Waals surface area contributed by atoms with E-state index in [-0.39, 0.29) is 0 Å². The average molecular weight is 415 g/mol. The molecule has 0 N–H and O–H groups in total. The van der Waals surface area contributed by atoms with E-state index in [2.05, 4.69) is 0 Å². The Morgan fingerprint density at radius 1 is 0.862 bits per heavy atom. The van der Waals surface area contributed by atoms with E-state index in [0.29, 0.717) is 53.8 Å². The number of imide groups is 1. The van der Waals surface area contributed by atoms with Gasteiger partial charge in [0.15, 0.2) is 0 Å². The van der Waals surface area contributed by atoms with Crippen molar-refractivity contribution in [1.82, 2.24) is 4.90 Å². The molecule has 7 heteroatoms. The highest BCUT2D eigenvalue weighted by atomic mass is 35.5. The van der Waals surface area contributed by atoms with E-state index in [1.807, 2.05) is 35.2 Å². The average Bonchev–Trinajstić information content (AvgIpc) is 2.99. The molecule has 0 radical (unpaired) electrons. The Morgan fingerprint density at radius 2 is 1.45 bits per heavy atom. The number of anilines is 1.